The van der Waals surface area contributed by atoms with E-state index in [0.29, 0.717) is 11.7 Å². The molecule has 2 aromatic heterocycles. The van der Waals surface area contributed by atoms with Crippen LogP contribution < -0.4 is 4.74 Å². The normalized spacial score (nSPS) is 12.2. The van der Waals surface area contributed by atoms with Crippen molar-refractivity contribution in [1.82, 2.24) is 4.98 Å². The lowest BCUT2D eigenvalue weighted by Gasteiger charge is -2.18. The lowest BCUT2D eigenvalue weighted by Crippen LogP contribution is -2.10. The number of fused-ring (bicyclic) bond motifs is 2. The monoisotopic (exact) mass is 321 g/mol. The average Bonchev–Trinajstić information content (AvgIpc) is 3.15. The number of oxazole rings is 1. The van der Waals surface area contributed by atoms with Gasteiger partial charge in [-0.25, -0.2) is 4.98 Å². The average molecular weight is 321 g/mol. The molecule has 4 heteroatoms. The van der Waals surface area contributed by atoms with Crippen LogP contribution in [-0.4, -0.2) is 12.1 Å². The van der Waals surface area contributed by atoms with E-state index in [2.05, 4.69) is 37.9 Å². The van der Waals surface area contributed by atoms with E-state index >= 15 is 0 Å². The molecule has 0 aliphatic heterocycles. The van der Waals surface area contributed by atoms with Crippen molar-refractivity contribution < 1.29 is 13.6 Å². The molecule has 0 atom stereocenters. The van der Waals surface area contributed by atoms with Crippen LogP contribution in [0.1, 0.15) is 26.3 Å². The Labute approximate surface area is 140 Å². The van der Waals surface area contributed by atoms with Crippen LogP contribution in [0.3, 0.4) is 0 Å². The molecule has 24 heavy (non-hydrogen) atoms. The van der Waals surface area contributed by atoms with Crippen molar-refractivity contribution >= 4 is 21.9 Å². The highest BCUT2D eigenvalue weighted by atomic mass is 16.5. The molecule has 0 amide bonds. The maximum atomic E-state index is 5.92. The van der Waals surface area contributed by atoms with Gasteiger partial charge in [-0.1, -0.05) is 26.8 Å². The first-order valence-electron chi connectivity index (χ1n) is 7.92. The first-order valence-corrected chi connectivity index (χ1v) is 7.92. The molecule has 0 fully saturated rings. The zero-order valence-corrected chi connectivity index (χ0v) is 14.2. The minimum atomic E-state index is 0.0675. The van der Waals surface area contributed by atoms with Gasteiger partial charge in [-0.3, -0.25) is 0 Å². The summed E-state index contributed by atoms with van der Waals surface area (Å²) >= 11 is 0. The second-order valence-corrected chi connectivity index (χ2v) is 6.97. The SMILES string of the molecule is COc1ccc2coc(-c3nc4cc(C(C)(C)C)ccc4o3)c2c1. The molecule has 0 unspecified atom stereocenters. The number of nitrogens with zero attached hydrogens (tertiary/aromatic N) is 1. The second kappa shape index (κ2) is 5.13. The van der Waals surface area contributed by atoms with Gasteiger partial charge in [0.05, 0.1) is 13.4 Å². The van der Waals surface area contributed by atoms with Gasteiger partial charge in [0.25, 0.3) is 5.89 Å². The van der Waals surface area contributed by atoms with Crippen LogP contribution in [0.15, 0.2) is 51.5 Å². The molecule has 0 spiro atoms. The Bertz CT molecular complexity index is 1030. The van der Waals surface area contributed by atoms with Gasteiger partial charge in [0.2, 0.25) is 0 Å². The molecule has 0 bridgehead atoms. The van der Waals surface area contributed by atoms with Gasteiger partial charge >= 0.3 is 0 Å². The molecule has 4 aromatic rings. The molecule has 0 radical (unpaired) electrons. The Kier molecular flexibility index (Phi) is 3.17. The number of hydrogen-bond acceptors (Lipinski definition) is 4. The van der Waals surface area contributed by atoms with E-state index in [9.17, 15) is 0 Å². The fourth-order valence-electron chi connectivity index (χ4n) is 2.80. The van der Waals surface area contributed by atoms with E-state index < -0.39 is 0 Å². The summed E-state index contributed by atoms with van der Waals surface area (Å²) in [7, 11) is 1.65. The molecule has 0 saturated carbocycles. The molecule has 2 heterocycles. The lowest BCUT2D eigenvalue weighted by molar-refractivity contribution is 0.415. The number of methoxy groups -OCH3 is 1. The largest absolute Gasteiger partial charge is 0.497 e. The van der Waals surface area contributed by atoms with Crippen LogP contribution >= 0.6 is 0 Å². The third kappa shape index (κ3) is 2.35. The lowest BCUT2D eigenvalue weighted by atomic mass is 9.87. The number of rotatable bonds is 2. The summed E-state index contributed by atoms with van der Waals surface area (Å²) in [6.07, 6.45) is 1.71. The maximum Gasteiger partial charge on any atom is 0.264 e. The van der Waals surface area contributed by atoms with Gasteiger partial charge in [-0.2, -0.15) is 0 Å². The molecule has 0 aliphatic rings. The molecule has 122 valence electrons. The molecular formula is C20H19NO3. The topological polar surface area (TPSA) is 48.4 Å². The Hall–Kier alpha value is -2.75. The highest BCUT2D eigenvalue weighted by molar-refractivity contribution is 5.94. The number of ether oxygens (including phenoxy) is 1. The van der Waals surface area contributed by atoms with Crippen LogP contribution in [0.4, 0.5) is 0 Å². The van der Waals surface area contributed by atoms with Crippen molar-refractivity contribution in [1.29, 1.82) is 0 Å². The van der Waals surface area contributed by atoms with Crippen LogP contribution in [0, 0.1) is 0 Å². The third-order valence-electron chi connectivity index (χ3n) is 4.26. The zero-order chi connectivity index (χ0) is 16.9. The summed E-state index contributed by atoms with van der Waals surface area (Å²) in [5.74, 6) is 1.88. The number of aromatic nitrogens is 1. The van der Waals surface area contributed by atoms with Gasteiger partial charge in [-0.05, 0) is 41.3 Å². The summed E-state index contributed by atoms with van der Waals surface area (Å²) in [4.78, 5) is 4.63. The number of benzene rings is 2. The van der Waals surface area contributed by atoms with E-state index in [1.165, 1.54) is 5.56 Å². The second-order valence-electron chi connectivity index (χ2n) is 6.97. The smallest absolute Gasteiger partial charge is 0.264 e. The summed E-state index contributed by atoms with van der Waals surface area (Å²) in [6, 6.07) is 11.9. The maximum absolute atomic E-state index is 5.92. The van der Waals surface area contributed by atoms with E-state index in [4.69, 9.17) is 13.6 Å². The van der Waals surface area contributed by atoms with Crippen molar-refractivity contribution in [3.8, 4) is 17.4 Å². The van der Waals surface area contributed by atoms with Crippen molar-refractivity contribution in [2.45, 2.75) is 26.2 Å². The van der Waals surface area contributed by atoms with Crippen LogP contribution in [0.5, 0.6) is 5.75 Å². The fourth-order valence-corrected chi connectivity index (χ4v) is 2.80. The summed E-state index contributed by atoms with van der Waals surface area (Å²) in [5.41, 5.74) is 2.88. The summed E-state index contributed by atoms with van der Waals surface area (Å²) in [6.45, 7) is 6.55. The predicted molar refractivity (Wildman–Crippen MR) is 94.5 cm³/mol. The molecule has 0 aliphatic carbocycles. The minimum Gasteiger partial charge on any atom is -0.497 e. The highest BCUT2D eigenvalue weighted by Gasteiger charge is 2.19. The van der Waals surface area contributed by atoms with Crippen molar-refractivity contribution in [3.63, 3.8) is 0 Å². The molecule has 0 saturated heterocycles. The summed E-state index contributed by atoms with van der Waals surface area (Å²) < 4.78 is 16.9. The fraction of sp³-hybridized carbons (Fsp3) is 0.250. The number of hydrogen-bond donors (Lipinski definition) is 0. The van der Waals surface area contributed by atoms with Gasteiger partial charge in [0.15, 0.2) is 11.3 Å². The van der Waals surface area contributed by atoms with E-state index in [1.54, 1.807) is 13.4 Å². The molecule has 0 N–H and O–H groups in total. The standard InChI is InChI=1S/C20H19NO3/c1-20(2,3)13-6-8-17-16(9-13)21-19(24-17)18-15-10-14(22-4)7-5-12(15)11-23-18/h5-11H,1-4H3. The number of furan rings is 1. The van der Waals surface area contributed by atoms with E-state index in [1.807, 2.05) is 24.3 Å². The zero-order valence-electron chi connectivity index (χ0n) is 14.2. The van der Waals surface area contributed by atoms with Gasteiger partial charge < -0.3 is 13.6 Å². The first kappa shape index (κ1) is 14.8. The van der Waals surface area contributed by atoms with Crippen molar-refractivity contribution in [2.75, 3.05) is 7.11 Å². The van der Waals surface area contributed by atoms with Crippen molar-refractivity contribution in [3.05, 3.63) is 48.2 Å². The van der Waals surface area contributed by atoms with Gasteiger partial charge in [0, 0.05) is 10.8 Å². The highest BCUT2D eigenvalue weighted by Crippen LogP contribution is 2.35. The minimum absolute atomic E-state index is 0.0675. The van der Waals surface area contributed by atoms with Crippen molar-refractivity contribution in [2.24, 2.45) is 0 Å². The molecule has 4 nitrogen and oxygen atoms in total. The van der Waals surface area contributed by atoms with Gasteiger partial charge in [-0.15, -0.1) is 0 Å². The Morgan fingerprint density at radius 3 is 2.62 bits per heavy atom. The summed E-state index contributed by atoms with van der Waals surface area (Å²) in [5, 5.41) is 1.92. The molecule has 4 rings (SSSR count). The van der Waals surface area contributed by atoms with E-state index in [-0.39, 0.29) is 5.41 Å². The molecule has 2 aromatic carbocycles. The molecular weight excluding hydrogens is 302 g/mol. The van der Waals surface area contributed by atoms with Gasteiger partial charge in [0.1, 0.15) is 11.3 Å². The van der Waals surface area contributed by atoms with Crippen LogP contribution in [-0.2, 0) is 5.41 Å². The van der Waals surface area contributed by atoms with Crippen LogP contribution in [0.25, 0.3) is 33.5 Å². The Morgan fingerprint density at radius 2 is 1.88 bits per heavy atom. The third-order valence-corrected chi connectivity index (χ3v) is 4.26. The Balaban J connectivity index is 1.87. The van der Waals surface area contributed by atoms with E-state index in [0.717, 1.165) is 27.6 Å². The first-order chi connectivity index (χ1) is 11.5. The van der Waals surface area contributed by atoms with Crippen LogP contribution in [0.2, 0.25) is 0 Å². The predicted octanol–water partition coefficient (Wildman–Crippen LogP) is 5.55. The Morgan fingerprint density at radius 1 is 1.04 bits per heavy atom. The quantitative estimate of drug-likeness (QED) is 0.486.